The molecule has 1 amide bonds. The van der Waals surface area contributed by atoms with Crippen molar-refractivity contribution >= 4 is 44.6 Å². The highest BCUT2D eigenvalue weighted by Gasteiger charge is 2.34. The normalized spacial score (nSPS) is 17.7. The zero-order valence-electron chi connectivity index (χ0n) is 21.3. The molecule has 0 saturated carbocycles. The van der Waals surface area contributed by atoms with Gasteiger partial charge in [-0.2, -0.15) is 0 Å². The zero-order chi connectivity index (χ0) is 28.0. The minimum absolute atomic E-state index is 0.0765. The number of anilines is 1. The van der Waals surface area contributed by atoms with E-state index in [0.29, 0.717) is 43.7 Å². The van der Waals surface area contributed by atoms with Crippen molar-refractivity contribution in [2.45, 2.75) is 30.4 Å². The van der Waals surface area contributed by atoms with E-state index >= 15 is 0 Å². The van der Waals surface area contributed by atoms with E-state index in [1.807, 2.05) is 6.92 Å². The summed E-state index contributed by atoms with van der Waals surface area (Å²) >= 11 is 6.20. The topological polar surface area (TPSA) is 129 Å². The SMILES string of the molecule is Cc1ccc(S(=O)(=O)n2cc(-c3ncc(F)c(NC4CN(C(=O)OC5CCOC5)C4)n3)c3cc(Cl)cnc32)cc1. The van der Waals surface area contributed by atoms with Crippen molar-refractivity contribution in [2.24, 2.45) is 0 Å². The molecule has 5 heterocycles. The van der Waals surface area contributed by atoms with E-state index in [9.17, 15) is 17.6 Å². The molecule has 1 atom stereocenters. The zero-order valence-corrected chi connectivity index (χ0v) is 22.8. The summed E-state index contributed by atoms with van der Waals surface area (Å²) in [4.78, 5) is 26.6. The van der Waals surface area contributed by atoms with Gasteiger partial charge >= 0.3 is 6.09 Å². The second-order valence-corrected chi connectivity index (χ2v) is 11.9. The van der Waals surface area contributed by atoms with Gasteiger partial charge in [0.05, 0.1) is 35.4 Å². The van der Waals surface area contributed by atoms with Gasteiger partial charge in [0, 0.05) is 42.9 Å². The maximum absolute atomic E-state index is 14.7. The van der Waals surface area contributed by atoms with Crippen LogP contribution >= 0.6 is 11.6 Å². The number of benzene rings is 1. The average molecular weight is 587 g/mol. The van der Waals surface area contributed by atoms with E-state index in [1.165, 1.54) is 29.4 Å². The van der Waals surface area contributed by atoms with Gasteiger partial charge in [0.1, 0.15) is 6.10 Å². The molecule has 3 aromatic heterocycles. The molecule has 11 nitrogen and oxygen atoms in total. The third kappa shape index (κ3) is 4.95. The van der Waals surface area contributed by atoms with Crippen LogP contribution in [0.2, 0.25) is 5.02 Å². The molecule has 14 heteroatoms. The number of aromatic nitrogens is 4. The maximum atomic E-state index is 14.7. The molecule has 2 fully saturated rings. The molecule has 2 aliphatic rings. The molecule has 2 saturated heterocycles. The van der Waals surface area contributed by atoms with Crippen LogP contribution < -0.4 is 5.32 Å². The van der Waals surface area contributed by atoms with Crippen LogP contribution in [0.25, 0.3) is 22.4 Å². The average Bonchev–Trinajstić information content (AvgIpc) is 3.55. The van der Waals surface area contributed by atoms with Gasteiger partial charge in [-0.15, -0.1) is 0 Å². The van der Waals surface area contributed by atoms with Gasteiger partial charge in [-0.25, -0.2) is 36.5 Å². The summed E-state index contributed by atoms with van der Waals surface area (Å²) in [5, 5.41) is 3.66. The number of nitrogens with zero attached hydrogens (tertiary/aromatic N) is 5. The summed E-state index contributed by atoms with van der Waals surface area (Å²) in [5.74, 6) is -0.697. The third-order valence-corrected chi connectivity index (χ3v) is 8.65. The first-order valence-corrected chi connectivity index (χ1v) is 14.3. The first-order valence-electron chi connectivity index (χ1n) is 12.5. The number of hydrogen-bond donors (Lipinski definition) is 1. The number of pyridine rings is 1. The van der Waals surface area contributed by atoms with Gasteiger partial charge in [0.25, 0.3) is 10.0 Å². The molecule has 2 aliphatic heterocycles. The van der Waals surface area contributed by atoms with Gasteiger partial charge in [0.15, 0.2) is 23.1 Å². The lowest BCUT2D eigenvalue weighted by Crippen LogP contribution is -2.57. The summed E-state index contributed by atoms with van der Waals surface area (Å²) in [7, 11) is -4.03. The van der Waals surface area contributed by atoms with Crippen LogP contribution in [0.4, 0.5) is 15.0 Å². The number of carbonyl (C=O) groups excluding carboxylic acids is 1. The standard InChI is InChI=1S/C26H24ClFN6O5S/c1-15-2-4-19(5-3-15)40(36,37)34-13-21(20-8-16(27)9-30-25(20)34)23-29-10-22(28)24(32-23)31-17-11-33(12-17)26(35)39-18-6-7-38-14-18/h2-5,8-10,13,17-18H,6-7,11-12,14H2,1H3,(H,29,31,32). The molecule has 0 aliphatic carbocycles. The molecule has 208 valence electrons. The van der Waals surface area contributed by atoms with Crippen LogP contribution in [-0.2, 0) is 19.5 Å². The molecule has 0 bridgehead atoms. The van der Waals surface area contributed by atoms with Crippen molar-refractivity contribution in [2.75, 3.05) is 31.6 Å². The van der Waals surface area contributed by atoms with Crippen LogP contribution in [0.5, 0.6) is 0 Å². The number of likely N-dealkylation sites (tertiary alicyclic amines) is 1. The van der Waals surface area contributed by atoms with Gasteiger partial charge in [0.2, 0.25) is 0 Å². The van der Waals surface area contributed by atoms with Crippen LogP contribution in [0, 0.1) is 12.7 Å². The predicted octanol–water partition coefficient (Wildman–Crippen LogP) is 3.85. The Hall–Kier alpha value is -3.81. The number of aryl methyl sites for hydroxylation is 1. The van der Waals surface area contributed by atoms with Gasteiger partial charge in [-0.3, -0.25) is 0 Å². The molecule has 1 aromatic carbocycles. The number of fused-ring (bicyclic) bond motifs is 1. The molecule has 40 heavy (non-hydrogen) atoms. The summed E-state index contributed by atoms with van der Waals surface area (Å²) in [6, 6.07) is 7.74. The Morgan fingerprint density at radius 1 is 1.20 bits per heavy atom. The third-order valence-electron chi connectivity index (χ3n) is 6.78. The Morgan fingerprint density at radius 2 is 1.98 bits per heavy atom. The van der Waals surface area contributed by atoms with E-state index < -0.39 is 21.9 Å². The van der Waals surface area contributed by atoms with E-state index in [-0.39, 0.29) is 39.4 Å². The van der Waals surface area contributed by atoms with Crippen LogP contribution in [0.1, 0.15) is 12.0 Å². The first kappa shape index (κ1) is 26.4. The molecule has 0 spiro atoms. The number of ether oxygens (including phenoxy) is 2. The van der Waals surface area contributed by atoms with Crippen molar-refractivity contribution in [3.63, 3.8) is 0 Å². The Balaban J connectivity index is 1.27. The summed E-state index contributed by atoms with van der Waals surface area (Å²) in [6.45, 7) is 3.42. The highest BCUT2D eigenvalue weighted by atomic mass is 35.5. The number of hydrogen-bond acceptors (Lipinski definition) is 9. The highest BCUT2D eigenvalue weighted by molar-refractivity contribution is 7.90. The van der Waals surface area contributed by atoms with Crippen LogP contribution in [0.3, 0.4) is 0 Å². The monoisotopic (exact) mass is 586 g/mol. The number of carbonyl (C=O) groups is 1. The second-order valence-electron chi connectivity index (χ2n) is 9.69. The predicted molar refractivity (Wildman–Crippen MR) is 144 cm³/mol. The van der Waals surface area contributed by atoms with Gasteiger partial charge in [-0.1, -0.05) is 29.3 Å². The Bertz CT molecular complexity index is 1700. The molecule has 1 unspecified atom stereocenters. The Labute approximate surface area is 234 Å². The fraction of sp³-hybridized carbons (Fsp3) is 0.308. The lowest BCUT2D eigenvalue weighted by atomic mass is 10.1. The molecular formula is C26H24ClFN6O5S. The summed E-state index contributed by atoms with van der Waals surface area (Å²) < 4.78 is 53.4. The van der Waals surface area contributed by atoms with Crippen LogP contribution in [-0.4, -0.2) is 76.8 Å². The highest BCUT2D eigenvalue weighted by Crippen LogP contribution is 2.33. The van der Waals surface area contributed by atoms with Crippen molar-refractivity contribution in [3.05, 3.63) is 65.3 Å². The van der Waals surface area contributed by atoms with Gasteiger partial charge < -0.3 is 19.7 Å². The number of nitrogens with one attached hydrogen (secondary N) is 1. The van der Waals surface area contributed by atoms with E-state index in [4.69, 9.17) is 21.1 Å². The Kier molecular flexibility index (Phi) is 6.80. The summed E-state index contributed by atoms with van der Waals surface area (Å²) in [5.41, 5.74) is 1.35. The maximum Gasteiger partial charge on any atom is 0.410 e. The minimum Gasteiger partial charge on any atom is -0.444 e. The minimum atomic E-state index is -4.03. The fourth-order valence-electron chi connectivity index (χ4n) is 4.57. The van der Waals surface area contributed by atoms with E-state index in [1.54, 1.807) is 18.2 Å². The van der Waals surface area contributed by atoms with Crippen molar-refractivity contribution in [3.8, 4) is 11.4 Å². The van der Waals surface area contributed by atoms with E-state index in [2.05, 4.69) is 20.3 Å². The molecule has 0 radical (unpaired) electrons. The van der Waals surface area contributed by atoms with Crippen molar-refractivity contribution in [1.82, 2.24) is 23.8 Å². The smallest absolute Gasteiger partial charge is 0.410 e. The van der Waals surface area contributed by atoms with Crippen molar-refractivity contribution in [1.29, 1.82) is 0 Å². The number of amides is 1. The second kappa shape index (κ2) is 10.3. The molecule has 4 aromatic rings. The van der Waals surface area contributed by atoms with Crippen LogP contribution in [0.15, 0.2) is 53.8 Å². The fourth-order valence-corrected chi connectivity index (χ4v) is 6.05. The molecule has 6 rings (SSSR count). The first-order chi connectivity index (χ1) is 19.2. The summed E-state index contributed by atoms with van der Waals surface area (Å²) in [6.07, 6.45) is 3.69. The quantitative estimate of drug-likeness (QED) is 0.358. The number of rotatable bonds is 6. The largest absolute Gasteiger partial charge is 0.444 e. The Morgan fingerprint density at radius 3 is 2.70 bits per heavy atom. The van der Waals surface area contributed by atoms with Crippen molar-refractivity contribution < 1.29 is 27.1 Å². The molecule has 1 N–H and O–H groups in total. The number of halogens is 2. The van der Waals surface area contributed by atoms with E-state index in [0.717, 1.165) is 15.7 Å². The lowest BCUT2D eigenvalue weighted by Gasteiger charge is -2.39. The van der Waals surface area contributed by atoms with Gasteiger partial charge in [-0.05, 0) is 25.1 Å². The lowest BCUT2D eigenvalue weighted by molar-refractivity contribution is 0.0375. The molecular weight excluding hydrogens is 563 g/mol.